The molecule has 0 atom stereocenters. The Hall–Kier alpha value is -1.68. The molecule has 3 nitrogen and oxygen atoms in total. The number of rotatable bonds is 1. The molecule has 0 saturated carbocycles. The molecule has 0 unspecified atom stereocenters. The highest BCUT2D eigenvalue weighted by Gasteiger charge is 2.11. The van der Waals surface area contributed by atoms with Crippen LogP contribution in [0.25, 0.3) is 22.3 Å². The molecule has 0 aliphatic carbocycles. The van der Waals surface area contributed by atoms with E-state index in [1.165, 1.54) is 0 Å². The summed E-state index contributed by atoms with van der Waals surface area (Å²) in [4.78, 5) is 4.23. The third-order valence-electron chi connectivity index (χ3n) is 2.46. The minimum absolute atomic E-state index is 0.748. The number of pyridine rings is 1. The number of hydrogen-bond acceptors (Lipinski definition) is 2. The average molecular weight is 274 g/mol. The van der Waals surface area contributed by atoms with Crippen LogP contribution in [0, 0.1) is 0 Å². The van der Waals surface area contributed by atoms with Crippen LogP contribution in [0.4, 0.5) is 0 Å². The van der Waals surface area contributed by atoms with Crippen LogP contribution in [0.1, 0.15) is 0 Å². The average Bonchev–Trinajstić information content (AvgIpc) is 2.66. The first-order valence-electron chi connectivity index (χ1n) is 4.91. The fraction of sp³-hybridized carbons (Fsp3) is 0. The van der Waals surface area contributed by atoms with E-state index in [2.05, 4.69) is 38.4 Å². The van der Waals surface area contributed by atoms with Gasteiger partial charge in [0.05, 0.1) is 21.8 Å². The molecule has 0 saturated heterocycles. The van der Waals surface area contributed by atoms with Crippen LogP contribution in [0.15, 0.2) is 48.7 Å². The van der Waals surface area contributed by atoms with Crippen molar-refractivity contribution in [2.75, 3.05) is 0 Å². The van der Waals surface area contributed by atoms with Gasteiger partial charge in [-0.25, -0.2) is 4.98 Å². The Bertz CT molecular complexity index is 631. The molecule has 0 bridgehead atoms. The van der Waals surface area contributed by atoms with Gasteiger partial charge >= 0.3 is 0 Å². The molecule has 4 heteroatoms. The lowest BCUT2D eigenvalue weighted by molar-refractivity contribution is 1.05. The maximum Gasteiger partial charge on any atom is 0.182 e. The van der Waals surface area contributed by atoms with Gasteiger partial charge in [-0.15, -0.1) is 5.10 Å². The molecule has 16 heavy (non-hydrogen) atoms. The van der Waals surface area contributed by atoms with Gasteiger partial charge in [0, 0.05) is 17.1 Å². The summed E-state index contributed by atoms with van der Waals surface area (Å²) in [5.41, 5.74) is 2.90. The van der Waals surface area contributed by atoms with Gasteiger partial charge in [-0.2, -0.15) is 3.71 Å². The van der Waals surface area contributed by atoms with E-state index in [0.717, 1.165) is 22.3 Å². The molecule has 0 N–H and O–H groups in total. The van der Waals surface area contributed by atoms with Crippen LogP contribution in [0.3, 0.4) is 0 Å². The van der Waals surface area contributed by atoms with Gasteiger partial charge in [-0.1, -0.05) is 30.3 Å². The zero-order valence-electron chi connectivity index (χ0n) is 8.34. The van der Waals surface area contributed by atoms with Crippen LogP contribution in [0.5, 0.6) is 0 Å². The summed E-state index contributed by atoms with van der Waals surface area (Å²) in [6.45, 7) is 0. The standard InChI is InChI=1S/C12H8BrN3/c13-16-11(9-5-2-1-3-6-9)10-7-4-8-14-12(10)15-16/h1-8H. The van der Waals surface area contributed by atoms with Crippen molar-refractivity contribution >= 4 is 27.2 Å². The minimum atomic E-state index is 0.748. The van der Waals surface area contributed by atoms with Crippen molar-refractivity contribution in [3.8, 4) is 11.3 Å². The van der Waals surface area contributed by atoms with E-state index in [-0.39, 0.29) is 0 Å². The number of hydrogen-bond donors (Lipinski definition) is 0. The number of aromatic nitrogens is 3. The van der Waals surface area contributed by atoms with Gasteiger partial charge in [0.25, 0.3) is 0 Å². The van der Waals surface area contributed by atoms with Gasteiger partial charge in [0.15, 0.2) is 5.65 Å². The quantitative estimate of drug-likeness (QED) is 0.682. The predicted molar refractivity (Wildman–Crippen MR) is 67.3 cm³/mol. The molecule has 0 fully saturated rings. The molecule has 0 amide bonds. The summed E-state index contributed by atoms with van der Waals surface area (Å²) in [7, 11) is 0. The lowest BCUT2D eigenvalue weighted by atomic mass is 10.1. The Labute approximate surface area is 101 Å². The maximum absolute atomic E-state index is 4.31. The van der Waals surface area contributed by atoms with Gasteiger partial charge in [0.1, 0.15) is 0 Å². The Balaban J connectivity index is 2.35. The van der Waals surface area contributed by atoms with E-state index < -0.39 is 0 Å². The molecule has 0 radical (unpaired) electrons. The van der Waals surface area contributed by atoms with Gasteiger partial charge < -0.3 is 0 Å². The highest BCUT2D eigenvalue weighted by molar-refractivity contribution is 9.08. The van der Waals surface area contributed by atoms with E-state index in [1.54, 1.807) is 9.90 Å². The second-order valence-electron chi connectivity index (χ2n) is 3.45. The summed E-state index contributed by atoms with van der Waals surface area (Å²) in [6, 6.07) is 14.1. The molecule has 3 aromatic rings. The lowest BCUT2D eigenvalue weighted by Crippen LogP contribution is -1.85. The van der Waals surface area contributed by atoms with E-state index in [1.807, 2.05) is 30.3 Å². The first kappa shape index (κ1) is 9.54. The summed E-state index contributed by atoms with van der Waals surface area (Å²) < 4.78 is 1.69. The molecular formula is C12H8BrN3. The van der Waals surface area contributed by atoms with Crippen molar-refractivity contribution in [2.24, 2.45) is 0 Å². The van der Waals surface area contributed by atoms with Crippen molar-refractivity contribution in [2.45, 2.75) is 0 Å². The van der Waals surface area contributed by atoms with Crippen molar-refractivity contribution in [1.29, 1.82) is 0 Å². The first-order chi connectivity index (χ1) is 7.86. The largest absolute Gasteiger partial charge is 0.235 e. The monoisotopic (exact) mass is 273 g/mol. The second-order valence-corrected chi connectivity index (χ2v) is 4.12. The van der Waals surface area contributed by atoms with E-state index in [0.29, 0.717) is 0 Å². The van der Waals surface area contributed by atoms with E-state index >= 15 is 0 Å². The fourth-order valence-electron chi connectivity index (χ4n) is 1.75. The fourth-order valence-corrected chi connectivity index (χ4v) is 2.30. The molecule has 0 spiro atoms. The van der Waals surface area contributed by atoms with E-state index in [4.69, 9.17) is 0 Å². The molecule has 1 aromatic carbocycles. The number of nitrogens with zero attached hydrogens (tertiary/aromatic N) is 3. The number of halogens is 1. The molecular weight excluding hydrogens is 266 g/mol. The second kappa shape index (κ2) is 3.72. The normalized spacial score (nSPS) is 10.8. The van der Waals surface area contributed by atoms with Crippen LogP contribution in [-0.2, 0) is 0 Å². The molecule has 0 aliphatic heterocycles. The Morgan fingerprint density at radius 1 is 1.00 bits per heavy atom. The Kier molecular flexibility index (Phi) is 2.22. The van der Waals surface area contributed by atoms with Gasteiger partial charge in [-0.3, -0.25) is 0 Å². The van der Waals surface area contributed by atoms with Crippen molar-refractivity contribution < 1.29 is 0 Å². The molecule has 3 rings (SSSR count). The molecule has 78 valence electrons. The summed E-state index contributed by atoms with van der Waals surface area (Å²) >= 11 is 3.41. The van der Waals surface area contributed by atoms with Crippen LogP contribution >= 0.6 is 16.1 Å². The zero-order valence-corrected chi connectivity index (χ0v) is 9.92. The zero-order chi connectivity index (χ0) is 11.0. The molecule has 2 aromatic heterocycles. The SMILES string of the molecule is Brn1nc2ncccc2c1-c1ccccc1. The highest BCUT2D eigenvalue weighted by Crippen LogP contribution is 2.28. The third-order valence-corrected chi connectivity index (χ3v) is 2.97. The smallest absolute Gasteiger partial charge is 0.182 e. The minimum Gasteiger partial charge on any atom is -0.235 e. The first-order valence-corrected chi connectivity index (χ1v) is 5.62. The highest BCUT2D eigenvalue weighted by atomic mass is 79.9. The van der Waals surface area contributed by atoms with Crippen molar-refractivity contribution in [3.05, 3.63) is 48.7 Å². The maximum atomic E-state index is 4.31. The van der Waals surface area contributed by atoms with Gasteiger partial charge in [-0.05, 0) is 12.1 Å². The number of benzene rings is 1. The summed E-state index contributed by atoms with van der Waals surface area (Å²) in [5, 5.41) is 5.36. The Morgan fingerprint density at radius 3 is 2.62 bits per heavy atom. The van der Waals surface area contributed by atoms with E-state index in [9.17, 15) is 0 Å². The number of fused-ring (bicyclic) bond motifs is 1. The van der Waals surface area contributed by atoms with Crippen molar-refractivity contribution in [3.63, 3.8) is 0 Å². The third kappa shape index (κ3) is 1.42. The van der Waals surface area contributed by atoms with Gasteiger partial charge in [0.2, 0.25) is 0 Å². The van der Waals surface area contributed by atoms with Crippen molar-refractivity contribution in [1.82, 2.24) is 13.8 Å². The summed E-state index contributed by atoms with van der Waals surface area (Å²) in [6.07, 6.45) is 1.75. The van der Waals surface area contributed by atoms with Crippen LogP contribution < -0.4 is 0 Å². The van der Waals surface area contributed by atoms with Crippen LogP contribution in [0.2, 0.25) is 0 Å². The summed E-state index contributed by atoms with van der Waals surface area (Å²) in [5.74, 6) is 0. The predicted octanol–water partition coefficient (Wildman–Crippen LogP) is 3.26. The topological polar surface area (TPSA) is 30.7 Å². The van der Waals surface area contributed by atoms with Crippen LogP contribution in [-0.4, -0.2) is 13.8 Å². The molecule has 0 aliphatic rings. The lowest BCUT2D eigenvalue weighted by Gasteiger charge is -2.00. The Morgan fingerprint density at radius 2 is 1.81 bits per heavy atom. The molecule has 2 heterocycles.